The average molecular weight is 385 g/mol. The van der Waals surface area contributed by atoms with Gasteiger partial charge >= 0.3 is 0 Å². The molecule has 1 aromatic carbocycles. The van der Waals surface area contributed by atoms with Gasteiger partial charge in [-0.2, -0.15) is 0 Å². The molecule has 7 heteroatoms. The van der Waals surface area contributed by atoms with E-state index in [1.54, 1.807) is 6.07 Å². The minimum Gasteiger partial charge on any atom is -0.336 e. The number of amides is 1. The smallest absolute Gasteiger partial charge is 0.253 e. The Balaban J connectivity index is 1.61. The molecule has 1 amide bonds. The lowest BCUT2D eigenvalue weighted by atomic mass is 10.0. The monoisotopic (exact) mass is 384 g/mol. The molecule has 1 atom stereocenters. The molecule has 0 N–H and O–H groups in total. The van der Waals surface area contributed by atoms with Crippen molar-refractivity contribution in [3.63, 3.8) is 0 Å². The molecule has 2 aliphatic heterocycles. The molecule has 5 nitrogen and oxygen atoms in total. The van der Waals surface area contributed by atoms with Crippen molar-refractivity contribution in [3.8, 4) is 0 Å². The molecule has 1 aromatic rings. The highest BCUT2D eigenvalue weighted by molar-refractivity contribution is 7.91. The molecule has 0 saturated carbocycles. The first kappa shape index (κ1) is 18.7. The lowest BCUT2D eigenvalue weighted by Gasteiger charge is -2.37. The number of piperazine rings is 1. The number of carbonyl (C=O) groups excluding carboxylic acids is 1. The molecule has 0 aromatic heterocycles. The standard InChI is InChI=1S/C18H25ClN2O3S/c1-13(2)16-4-3-14(11-17(16)19)18(22)21-8-6-20(7-9-21)15-5-10-25(23,24)12-15/h3-4,11,13,15H,5-10,12H2,1-2H3. The molecule has 2 saturated heterocycles. The van der Waals surface area contributed by atoms with Gasteiger partial charge in [0.05, 0.1) is 11.5 Å². The third-order valence-corrected chi connectivity index (χ3v) is 7.27. The van der Waals surface area contributed by atoms with Gasteiger partial charge in [0.25, 0.3) is 5.91 Å². The van der Waals surface area contributed by atoms with E-state index in [0.717, 1.165) is 18.7 Å². The largest absolute Gasteiger partial charge is 0.336 e. The predicted molar refractivity (Wildman–Crippen MR) is 100 cm³/mol. The first-order valence-corrected chi connectivity index (χ1v) is 11.0. The molecule has 0 aliphatic carbocycles. The molecule has 25 heavy (non-hydrogen) atoms. The maximum absolute atomic E-state index is 12.7. The van der Waals surface area contributed by atoms with Gasteiger partial charge in [0.15, 0.2) is 9.84 Å². The number of sulfone groups is 1. The number of carbonyl (C=O) groups is 1. The van der Waals surface area contributed by atoms with Crippen LogP contribution in [0.5, 0.6) is 0 Å². The summed E-state index contributed by atoms with van der Waals surface area (Å²) in [5.41, 5.74) is 1.66. The maximum atomic E-state index is 12.7. The Hall–Kier alpha value is -1.11. The van der Waals surface area contributed by atoms with Crippen LogP contribution in [0.1, 0.15) is 42.1 Å². The summed E-state index contributed by atoms with van der Waals surface area (Å²) in [6, 6.07) is 5.65. The van der Waals surface area contributed by atoms with Crippen molar-refractivity contribution in [2.45, 2.75) is 32.2 Å². The van der Waals surface area contributed by atoms with Crippen LogP contribution in [0.3, 0.4) is 0 Å². The van der Waals surface area contributed by atoms with Crippen LogP contribution < -0.4 is 0 Å². The van der Waals surface area contributed by atoms with E-state index >= 15 is 0 Å². The van der Waals surface area contributed by atoms with Crippen molar-refractivity contribution in [1.29, 1.82) is 0 Å². The number of nitrogens with zero attached hydrogens (tertiary/aromatic N) is 2. The van der Waals surface area contributed by atoms with Crippen molar-refractivity contribution in [1.82, 2.24) is 9.80 Å². The second-order valence-corrected chi connectivity index (χ2v) is 9.91. The van der Waals surface area contributed by atoms with Gasteiger partial charge in [-0.25, -0.2) is 8.42 Å². The fourth-order valence-electron chi connectivity index (χ4n) is 3.66. The Morgan fingerprint density at radius 2 is 1.88 bits per heavy atom. The number of hydrogen-bond acceptors (Lipinski definition) is 4. The van der Waals surface area contributed by atoms with Crippen molar-refractivity contribution < 1.29 is 13.2 Å². The molecule has 2 aliphatic rings. The maximum Gasteiger partial charge on any atom is 0.253 e. The summed E-state index contributed by atoms with van der Waals surface area (Å²) >= 11 is 6.31. The van der Waals surface area contributed by atoms with E-state index in [0.29, 0.717) is 36.0 Å². The Bertz CT molecular complexity index is 756. The second-order valence-electron chi connectivity index (χ2n) is 7.28. The summed E-state index contributed by atoms with van der Waals surface area (Å²) in [6.45, 7) is 6.85. The van der Waals surface area contributed by atoms with E-state index in [4.69, 9.17) is 11.6 Å². The zero-order chi connectivity index (χ0) is 18.2. The summed E-state index contributed by atoms with van der Waals surface area (Å²) in [5.74, 6) is 0.865. The van der Waals surface area contributed by atoms with E-state index in [1.807, 2.05) is 17.0 Å². The molecule has 2 fully saturated rings. The zero-order valence-electron chi connectivity index (χ0n) is 14.7. The van der Waals surface area contributed by atoms with Gasteiger partial charge in [0.2, 0.25) is 0 Å². The van der Waals surface area contributed by atoms with Gasteiger partial charge in [-0.15, -0.1) is 0 Å². The van der Waals surface area contributed by atoms with E-state index in [-0.39, 0.29) is 23.5 Å². The molecular formula is C18H25ClN2O3S. The van der Waals surface area contributed by atoms with Crippen molar-refractivity contribution in [2.75, 3.05) is 37.7 Å². The van der Waals surface area contributed by atoms with Crippen molar-refractivity contribution in [3.05, 3.63) is 34.3 Å². The fraction of sp³-hybridized carbons (Fsp3) is 0.611. The lowest BCUT2D eigenvalue weighted by Crippen LogP contribution is -2.52. The first-order valence-electron chi connectivity index (χ1n) is 8.80. The van der Waals surface area contributed by atoms with Gasteiger partial charge in [-0.3, -0.25) is 9.69 Å². The molecule has 0 spiro atoms. The minimum absolute atomic E-state index is 0.00380. The molecule has 2 heterocycles. The summed E-state index contributed by atoms with van der Waals surface area (Å²) < 4.78 is 23.3. The molecule has 1 unspecified atom stereocenters. The molecule has 3 rings (SSSR count). The van der Waals surface area contributed by atoms with Crippen LogP contribution in [0, 0.1) is 0 Å². The molecule has 0 radical (unpaired) electrons. The van der Waals surface area contributed by atoms with Crippen LogP contribution in [-0.2, 0) is 9.84 Å². The van der Waals surface area contributed by atoms with Crippen LogP contribution >= 0.6 is 11.6 Å². The summed E-state index contributed by atoms with van der Waals surface area (Å²) in [4.78, 5) is 16.8. The van der Waals surface area contributed by atoms with Gasteiger partial charge in [-0.1, -0.05) is 31.5 Å². The Morgan fingerprint density at radius 3 is 2.40 bits per heavy atom. The van der Waals surface area contributed by atoms with Gasteiger partial charge < -0.3 is 4.90 Å². The molecule has 138 valence electrons. The minimum atomic E-state index is -2.87. The number of rotatable bonds is 3. The number of benzene rings is 1. The second kappa shape index (κ2) is 7.25. The van der Waals surface area contributed by atoms with E-state index in [2.05, 4.69) is 18.7 Å². The van der Waals surface area contributed by atoms with Crippen molar-refractivity contribution in [2.24, 2.45) is 0 Å². The SMILES string of the molecule is CC(C)c1ccc(C(=O)N2CCN(C3CCS(=O)(=O)C3)CC2)cc1Cl. The van der Waals surface area contributed by atoms with Gasteiger partial charge in [-0.05, 0) is 30.0 Å². The fourth-order valence-corrected chi connectivity index (χ4v) is 5.82. The number of hydrogen-bond donors (Lipinski definition) is 0. The third-order valence-electron chi connectivity index (χ3n) is 5.20. The van der Waals surface area contributed by atoms with Crippen LogP contribution in [0.2, 0.25) is 5.02 Å². The van der Waals surface area contributed by atoms with E-state index in [9.17, 15) is 13.2 Å². The van der Waals surface area contributed by atoms with Gasteiger partial charge in [0.1, 0.15) is 0 Å². The summed E-state index contributed by atoms with van der Waals surface area (Å²) in [7, 11) is -2.87. The van der Waals surface area contributed by atoms with E-state index in [1.165, 1.54) is 0 Å². The highest BCUT2D eigenvalue weighted by Gasteiger charge is 2.34. The normalized spacial score (nSPS) is 24.0. The Labute approximate surface area is 154 Å². The van der Waals surface area contributed by atoms with E-state index < -0.39 is 9.84 Å². The van der Waals surface area contributed by atoms with Crippen LogP contribution in [0.15, 0.2) is 18.2 Å². The predicted octanol–water partition coefficient (Wildman–Crippen LogP) is 2.41. The summed E-state index contributed by atoms with van der Waals surface area (Å²) in [6.07, 6.45) is 0.711. The quantitative estimate of drug-likeness (QED) is 0.803. The summed E-state index contributed by atoms with van der Waals surface area (Å²) in [5, 5.41) is 0.635. The average Bonchev–Trinajstić information content (AvgIpc) is 2.94. The van der Waals surface area contributed by atoms with Crippen LogP contribution in [0.4, 0.5) is 0 Å². The third kappa shape index (κ3) is 4.18. The van der Waals surface area contributed by atoms with Gasteiger partial charge in [0, 0.05) is 42.8 Å². The van der Waals surface area contributed by atoms with Crippen LogP contribution in [0.25, 0.3) is 0 Å². The number of halogens is 1. The zero-order valence-corrected chi connectivity index (χ0v) is 16.3. The Morgan fingerprint density at radius 1 is 1.20 bits per heavy atom. The highest BCUT2D eigenvalue weighted by atomic mass is 35.5. The lowest BCUT2D eigenvalue weighted by molar-refractivity contribution is 0.0588. The first-order chi connectivity index (χ1) is 11.8. The molecule has 0 bridgehead atoms. The molecular weight excluding hydrogens is 360 g/mol. The highest BCUT2D eigenvalue weighted by Crippen LogP contribution is 2.26. The topological polar surface area (TPSA) is 57.7 Å². The van der Waals surface area contributed by atoms with Crippen molar-refractivity contribution >= 4 is 27.3 Å². The van der Waals surface area contributed by atoms with Crippen LogP contribution in [-0.4, -0.2) is 67.9 Å². The Kier molecular flexibility index (Phi) is 5.42.